The van der Waals surface area contributed by atoms with Crippen LogP contribution in [-0.4, -0.2) is 5.78 Å². The van der Waals surface area contributed by atoms with Crippen LogP contribution in [0.1, 0.15) is 94.3 Å². The Labute approximate surface area is 135 Å². The molecule has 1 nitrogen and oxygen atoms in total. The number of hydrogen-bond donors (Lipinski definition) is 0. The van der Waals surface area contributed by atoms with Crippen LogP contribution in [0.5, 0.6) is 0 Å². The summed E-state index contributed by atoms with van der Waals surface area (Å²) in [6, 6.07) is 4.52. The van der Waals surface area contributed by atoms with E-state index in [1.807, 2.05) is 0 Å². The maximum Gasteiger partial charge on any atom is 0.169 e. The van der Waals surface area contributed by atoms with Gasteiger partial charge in [-0.3, -0.25) is 4.79 Å². The monoisotopic (exact) mass is 298 g/mol. The number of hydrogen-bond acceptors (Lipinski definition) is 1. The van der Waals surface area contributed by atoms with Crippen molar-refractivity contribution >= 4 is 5.78 Å². The molecule has 0 atom stereocenters. The lowest BCUT2D eigenvalue weighted by molar-refractivity contribution is 0.0825. The Morgan fingerprint density at radius 1 is 0.864 bits per heavy atom. The number of carbonyl (C=O) groups excluding carboxylic acids is 1. The summed E-state index contributed by atoms with van der Waals surface area (Å²) in [5.74, 6) is 0.455. The molecule has 120 valence electrons. The Balaban J connectivity index is 2.25. The number of fused-ring (bicyclic) bond motifs is 1. The summed E-state index contributed by atoms with van der Waals surface area (Å²) in [6.07, 6.45) is 5.60. The average molecular weight is 298 g/mol. The van der Waals surface area contributed by atoms with Crippen molar-refractivity contribution in [1.29, 1.82) is 0 Å². The smallest absolute Gasteiger partial charge is 0.169 e. The second kappa shape index (κ2) is 4.69. The van der Waals surface area contributed by atoms with E-state index in [2.05, 4.69) is 53.7 Å². The van der Waals surface area contributed by atoms with Gasteiger partial charge in [-0.05, 0) is 46.8 Å². The Morgan fingerprint density at radius 3 is 1.86 bits per heavy atom. The quantitative estimate of drug-likeness (QED) is 0.611. The topological polar surface area (TPSA) is 17.1 Å². The second-order valence-electron chi connectivity index (χ2n) is 9.51. The van der Waals surface area contributed by atoms with Gasteiger partial charge in [0, 0.05) is 11.0 Å². The third-order valence-corrected chi connectivity index (χ3v) is 5.71. The molecule has 1 fully saturated rings. The standard InChI is InChI=1S/C21H30O/c1-19(2,3)15-9-10-16(20(4,5)6)17-14(15)13-21(18(17)22)11-7-8-12-21/h9-10H,7-8,11-13H2,1-6H3. The summed E-state index contributed by atoms with van der Waals surface area (Å²) in [5, 5.41) is 0. The van der Waals surface area contributed by atoms with Crippen LogP contribution < -0.4 is 0 Å². The first-order valence-corrected chi connectivity index (χ1v) is 8.78. The van der Waals surface area contributed by atoms with Crippen LogP contribution in [0.4, 0.5) is 0 Å². The number of rotatable bonds is 0. The van der Waals surface area contributed by atoms with Gasteiger partial charge in [0.1, 0.15) is 0 Å². The molecule has 1 heteroatoms. The van der Waals surface area contributed by atoms with E-state index < -0.39 is 0 Å². The van der Waals surface area contributed by atoms with Gasteiger partial charge in [0.15, 0.2) is 5.78 Å². The minimum absolute atomic E-state index is 0.0281. The lowest BCUT2D eigenvalue weighted by Crippen LogP contribution is -2.25. The van der Waals surface area contributed by atoms with Gasteiger partial charge in [-0.2, -0.15) is 0 Å². The van der Waals surface area contributed by atoms with Gasteiger partial charge in [0.2, 0.25) is 0 Å². The maximum absolute atomic E-state index is 13.4. The van der Waals surface area contributed by atoms with Crippen molar-refractivity contribution in [3.8, 4) is 0 Å². The predicted octanol–water partition coefficient (Wildman–Crippen LogP) is 5.58. The van der Waals surface area contributed by atoms with Crippen LogP contribution in [0, 0.1) is 5.41 Å². The number of Topliss-reactive ketones (excluding diaryl/α,β-unsaturated/α-hetero) is 1. The predicted molar refractivity (Wildman–Crippen MR) is 92.8 cm³/mol. The highest BCUT2D eigenvalue weighted by molar-refractivity contribution is 6.07. The SMILES string of the molecule is CC(C)(C)c1ccc(C(C)(C)C)c2c1CC1(CCCC1)C2=O. The summed E-state index contributed by atoms with van der Waals surface area (Å²) in [6.45, 7) is 13.5. The average Bonchev–Trinajstić information content (AvgIpc) is 2.94. The molecular formula is C21H30O. The van der Waals surface area contributed by atoms with Crippen molar-refractivity contribution in [3.05, 3.63) is 34.4 Å². The molecule has 2 aliphatic rings. The molecule has 1 spiro atoms. The molecule has 0 bridgehead atoms. The highest BCUT2D eigenvalue weighted by Crippen LogP contribution is 2.52. The minimum atomic E-state index is -0.0658. The van der Waals surface area contributed by atoms with Crippen LogP contribution in [0.15, 0.2) is 12.1 Å². The minimum Gasteiger partial charge on any atom is -0.294 e. The largest absolute Gasteiger partial charge is 0.294 e. The van der Waals surface area contributed by atoms with Gasteiger partial charge in [-0.1, -0.05) is 66.5 Å². The van der Waals surface area contributed by atoms with E-state index in [0.717, 1.165) is 24.8 Å². The van der Waals surface area contributed by atoms with Crippen LogP contribution in [0.2, 0.25) is 0 Å². The molecule has 1 aromatic carbocycles. The van der Waals surface area contributed by atoms with Crippen LogP contribution in [-0.2, 0) is 17.3 Å². The van der Waals surface area contributed by atoms with Gasteiger partial charge in [-0.15, -0.1) is 0 Å². The first kappa shape index (κ1) is 15.8. The first-order valence-electron chi connectivity index (χ1n) is 8.78. The molecule has 2 aliphatic carbocycles. The molecule has 0 aliphatic heterocycles. The van der Waals surface area contributed by atoms with Crippen molar-refractivity contribution < 1.29 is 4.79 Å². The van der Waals surface area contributed by atoms with E-state index in [4.69, 9.17) is 0 Å². The molecule has 3 rings (SSSR count). The Kier molecular flexibility index (Phi) is 3.36. The molecule has 0 heterocycles. The van der Waals surface area contributed by atoms with E-state index in [9.17, 15) is 4.79 Å². The molecular weight excluding hydrogens is 268 g/mol. The molecule has 1 saturated carbocycles. The Hall–Kier alpha value is -1.11. The summed E-state index contributed by atoms with van der Waals surface area (Å²) < 4.78 is 0. The molecule has 0 amide bonds. The van der Waals surface area contributed by atoms with Gasteiger partial charge in [0.25, 0.3) is 0 Å². The lowest BCUT2D eigenvalue weighted by atomic mass is 9.77. The van der Waals surface area contributed by atoms with Crippen LogP contribution in [0.3, 0.4) is 0 Å². The number of ketones is 1. The van der Waals surface area contributed by atoms with Crippen molar-refractivity contribution in [1.82, 2.24) is 0 Å². The third kappa shape index (κ3) is 2.25. The van der Waals surface area contributed by atoms with Crippen molar-refractivity contribution in [2.45, 2.75) is 84.5 Å². The summed E-state index contributed by atoms with van der Waals surface area (Å²) in [4.78, 5) is 13.4. The zero-order valence-electron chi connectivity index (χ0n) is 15.1. The van der Waals surface area contributed by atoms with Crippen molar-refractivity contribution in [2.24, 2.45) is 5.41 Å². The molecule has 0 unspecified atom stereocenters. The zero-order valence-corrected chi connectivity index (χ0v) is 15.1. The Morgan fingerprint density at radius 2 is 1.36 bits per heavy atom. The summed E-state index contributed by atoms with van der Waals surface area (Å²) >= 11 is 0. The molecule has 0 aromatic heterocycles. The normalized spacial score (nSPS) is 20.7. The van der Waals surface area contributed by atoms with E-state index in [0.29, 0.717) is 5.78 Å². The van der Waals surface area contributed by atoms with Crippen molar-refractivity contribution in [2.75, 3.05) is 0 Å². The lowest BCUT2D eigenvalue weighted by Gasteiger charge is -2.27. The van der Waals surface area contributed by atoms with Gasteiger partial charge < -0.3 is 0 Å². The molecule has 0 saturated heterocycles. The van der Waals surface area contributed by atoms with Gasteiger partial charge in [-0.25, -0.2) is 0 Å². The molecule has 1 aromatic rings. The van der Waals surface area contributed by atoms with Gasteiger partial charge >= 0.3 is 0 Å². The van der Waals surface area contributed by atoms with E-state index >= 15 is 0 Å². The highest BCUT2D eigenvalue weighted by Gasteiger charge is 2.49. The fourth-order valence-electron chi connectivity index (χ4n) is 4.56. The fourth-order valence-corrected chi connectivity index (χ4v) is 4.56. The maximum atomic E-state index is 13.4. The molecule has 22 heavy (non-hydrogen) atoms. The van der Waals surface area contributed by atoms with E-state index in [1.54, 1.807) is 0 Å². The summed E-state index contributed by atoms with van der Waals surface area (Å²) in [5.41, 5.74) is 5.15. The molecule has 0 radical (unpaired) electrons. The summed E-state index contributed by atoms with van der Waals surface area (Å²) in [7, 11) is 0. The fraction of sp³-hybridized carbons (Fsp3) is 0.667. The zero-order chi connectivity index (χ0) is 16.3. The van der Waals surface area contributed by atoms with Crippen molar-refractivity contribution in [3.63, 3.8) is 0 Å². The van der Waals surface area contributed by atoms with E-state index in [-0.39, 0.29) is 16.2 Å². The number of carbonyl (C=O) groups is 1. The van der Waals surface area contributed by atoms with E-state index in [1.165, 1.54) is 29.5 Å². The first-order chi connectivity index (χ1) is 10.1. The third-order valence-electron chi connectivity index (χ3n) is 5.71. The molecule has 0 N–H and O–H groups in total. The van der Waals surface area contributed by atoms with Crippen LogP contribution in [0.25, 0.3) is 0 Å². The second-order valence-corrected chi connectivity index (χ2v) is 9.51. The number of benzene rings is 1. The Bertz CT molecular complexity index is 617. The van der Waals surface area contributed by atoms with Gasteiger partial charge in [0.05, 0.1) is 0 Å². The van der Waals surface area contributed by atoms with Crippen LogP contribution >= 0.6 is 0 Å². The highest BCUT2D eigenvalue weighted by atomic mass is 16.1.